The van der Waals surface area contributed by atoms with E-state index in [9.17, 15) is 10.1 Å². The lowest BCUT2D eigenvalue weighted by Gasteiger charge is -2.09. The highest BCUT2D eigenvalue weighted by Crippen LogP contribution is 2.23. The number of hydrogen-bond acceptors (Lipinski definition) is 7. The second kappa shape index (κ2) is 7.06. The minimum atomic E-state index is -0.402. The van der Waals surface area contributed by atoms with Gasteiger partial charge < -0.3 is 5.32 Å². The molecule has 8 nitrogen and oxygen atoms in total. The number of rotatable bonds is 6. The standard InChI is InChI=1S/C16H18N6O2S/c1-10(2)13-9-18-21-14(13)19-16(25-3)20-15(21)17-8-11-5-4-6-12(7-11)22(23)24/h4-7,9-10H,8H2,1-3H3,(H,17,19,20). The van der Waals surface area contributed by atoms with Gasteiger partial charge in [0.15, 0.2) is 10.8 Å². The molecule has 2 heterocycles. The van der Waals surface area contributed by atoms with Gasteiger partial charge in [0.05, 0.1) is 11.1 Å². The smallest absolute Gasteiger partial charge is 0.269 e. The molecule has 0 saturated carbocycles. The number of nitrogens with zero attached hydrogens (tertiary/aromatic N) is 5. The Morgan fingerprint density at radius 3 is 2.84 bits per heavy atom. The molecule has 9 heteroatoms. The van der Waals surface area contributed by atoms with Crippen LogP contribution in [0.3, 0.4) is 0 Å². The van der Waals surface area contributed by atoms with Gasteiger partial charge in [-0.25, -0.2) is 4.98 Å². The van der Waals surface area contributed by atoms with E-state index in [1.807, 2.05) is 12.3 Å². The highest BCUT2D eigenvalue weighted by Gasteiger charge is 2.15. The number of anilines is 1. The van der Waals surface area contributed by atoms with Crippen molar-refractivity contribution in [1.82, 2.24) is 19.6 Å². The summed E-state index contributed by atoms with van der Waals surface area (Å²) in [7, 11) is 0. The largest absolute Gasteiger partial charge is 0.350 e. The molecule has 3 rings (SSSR count). The molecule has 130 valence electrons. The van der Waals surface area contributed by atoms with Crippen LogP contribution in [0.25, 0.3) is 5.65 Å². The highest BCUT2D eigenvalue weighted by atomic mass is 32.2. The van der Waals surface area contributed by atoms with Crippen LogP contribution < -0.4 is 5.32 Å². The van der Waals surface area contributed by atoms with Crippen molar-refractivity contribution in [2.24, 2.45) is 0 Å². The second-order valence-corrected chi connectivity index (χ2v) is 6.58. The molecule has 3 aromatic rings. The monoisotopic (exact) mass is 358 g/mol. The third-order valence-electron chi connectivity index (χ3n) is 3.75. The SMILES string of the molecule is CSc1nc(NCc2cccc([N+](=O)[O-])c2)n2ncc(C(C)C)c2n1. The summed E-state index contributed by atoms with van der Waals surface area (Å²) in [5, 5.41) is 19.1. The molecule has 0 radical (unpaired) electrons. The molecule has 0 amide bonds. The Bertz CT molecular complexity index is 924. The number of non-ortho nitro benzene ring substituents is 1. The first-order chi connectivity index (χ1) is 12.0. The number of fused-ring (bicyclic) bond motifs is 1. The van der Waals surface area contributed by atoms with Crippen LogP contribution in [0, 0.1) is 10.1 Å². The van der Waals surface area contributed by atoms with Crippen molar-refractivity contribution >= 4 is 29.0 Å². The van der Waals surface area contributed by atoms with Gasteiger partial charge in [-0.3, -0.25) is 10.1 Å². The summed E-state index contributed by atoms with van der Waals surface area (Å²) in [6.45, 7) is 4.58. The first-order valence-corrected chi connectivity index (χ1v) is 8.99. The number of benzene rings is 1. The van der Waals surface area contributed by atoms with Crippen LogP contribution in [0.4, 0.5) is 11.6 Å². The number of aromatic nitrogens is 4. The molecule has 0 fully saturated rings. The van der Waals surface area contributed by atoms with Crippen LogP contribution >= 0.6 is 11.8 Å². The molecule has 1 N–H and O–H groups in total. The van der Waals surface area contributed by atoms with E-state index < -0.39 is 4.92 Å². The van der Waals surface area contributed by atoms with Crippen molar-refractivity contribution < 1.29 is 4.92 Å². The van der Waals surface area contributed by atoms with Crippen molar-refractivity contribution in [3.63, 3.8) is 0 Å². The maximum atomic E-state index is 10.9. The van der Waals surface area contributed by atoms with Crippen molar-refractivity contribution in [3.05, 3.63) is 51.7 Å². The topological polar surface area (TPSA) is 98.2 Å². The predicted molar refractivity (Wildman–Crippen MR) is 97.1 cm³/mol. The van der Waals surface area contributed by atoms with E-state index in [-0.39, 0.29) is 5.69 Å². The lowest BCUT2D eigenvalue weighted by atomic mass is 10.1. The van der Waals surface area contributed by atoms with Gasteiger partial charge >= 0.3 is 0 Å². The van der Waals surface area contributed by atoms with Gasteiger partial charge in [-0.15, -0.1) is 0 Å². The minimum absolute atomic E-state index is 0.0677. The van der Waals surface area contributed by atoms with Crippen LogP contribution in [-0.4, -0.2) is 30.8 Å². The summed E-state index contributed by atoms with van der Waals surface area (Å²) < 4.78 is 1.67. The lowest BCUT2D eigenvalue weighted by Crippen LogP contribution is -2.10. The van der Waals surface area contributed by atoms with E-state index in [0.29, 0.717) is 23.6 Å². The predicted octanol–water partition coefficient (Wildman–Crippen LogP) is 3.49. The summed E-state index contributed by atoms with van der Waals surface area (Å²) in [5.74, 6) is 0.861. The average molecular weight is 358 g/mol. The van der Waals surface area contributed by atoms with Crippen molar-refractivity contribution in [1.29, 1.82) is 0 Å². The maximum absolute atomic E-state index is 10.9. The molecule has 25 heavy (non-hydrogen) atoms. The Kier molecular flexibility index (Phi) is 4.84. The molecule has 1 aromatic carbocycles. The van der Waals surface area contributed by atoms with Crippen LogP contribution in [0.5, 0.6) is 0 Å². The number of nitro benzene ring substituents is 1. The van der Waals surface area contributed by atoms with Gasteiger partial charge in [-0.05, 0) is 17.7 Å². The van der Waals surface area contributed by atoms with Gasteiger partial charge in [0.2, 0.25) is 5.95 Å². The molecule has 0 saturated heterocycles. The first kappa shape index (κ1) is 17.2. The Morgan fingerprint density at radius 1 is 1.36 bits per heavy atom. The number of nitro groups is 1. The second-order valence-electron chi connectivity index (χ2n) is 5.80. The zero-order valence-corrected chi connectivity index (χ0v) is 14.9. The van der Waals surface area contributed by atoms with Crippen LogP contribution in [0.15, 0.2) is 35.6 Å². The van der Waals surface area contributed by atoms with E-state index in [4.69, 9.17) is 0 Å². The molecular formula is C16H18N6O2S. The Balaban J connectivity index is 1.93. The van der Waals surface area contributed by atoms with Crippen molar-refractivity contribution in [2.75, 3.05) is 11.6 Å². The fourth-order valence-electron chi connectivity index (χ4n) is 2.45. The molecule has 0 aliphatic rings. The zero-order valence-electron chi connectivity index (χ0n) is 14.1. The zero-order chi connectivity index (χ0) is 18.0. The number of thioether (sulfide) groups is 1. The molecule has 0 aliphatic carbocycles. The normalized spacial score (nSPS) is 11.2. The van der Waals surface area contributed by atoms with Gasteiger partial charge in [0.1, 0.15) is 0 Å². The van der Waals surface area contributed by atoms with Crippen molar-refractivity contribution in [2.45, 2.75) is 31.5 Å². The fraction of sp³-hybridized carbons (Fsp3) is 0.312. The van der Waals surface area contributed by atoms with Gasteiger partial charge in [-0.1, -0.05) is 37.7 Å². The van der Waals surface area contributed by atoms with E-state index in [0.717, 1.165) is 16.8 Å². The summed E-state index contributed by atoms with van der Waals surface area (Å²) in [4.78, 5) is 19.5. The molecule has 0 atom stereocenters. The summed E-state index contributed by atoms with van der Waals surface area (Å²) in [5.41, 5.74) is 2.69. The first-order valence-electron chi connectivity index (χ1n) is 7.76. The van der Waals surface area contributed by atoms with Crippen molar-refractivity contribution in [3.8, 4) is 0 Å². The quantitative estimate of drug-likeness (QED) is 0.409. The average Bonchev–Trinajstić information content (AvgIpc) is 3.04. The van der Waals surface area contributed by atoms with E-state index in [1.165, 1.54) is 17.8 Å². The van der Waals surface area contributed by atoms with Gasteiger partial charge in [-0.2, -0.15) is 14.6 Å². The number of nitrogens with one attached hydrogen (secondary N) is 1. The molecular weight excluding hydrogens is 340 g/mol. The van der Waals surface area contributed by atoms with Crippen LogP contribution in [0.1, 0.15) is 30.9 Å². The maximum Gasteiger partial charge on any atom is 0.269 e. The van der Waals surface area contributed by atoms with E-state index in [2.05, 4.69) is 34.2 Å². The highest BCUT2D eigenvalue weighted by molar-refractivity contribution is 7.98. The number of hydrogen-bond donors (Lipinski definition) is 1. The Hall–Kier alpha value is -2.68. The van der Waals surface area contributed by atoms with Gasteiger partial charge in [0.25, 0.3) is 5.69 Å². The summed E-state index contributed by atoms with van der Waals surface area (Å²) >= 11 is 1.46. The van der Waals surface area contributed by atoms with Crippen LogP contribution in [-0.2, 0) is 6.54 Å². The Labute approximate surface area is 148 Å². The Morgan fingerprint density at radius 2 is 2.16 bits per heavy atom. The lowest BCUT2D eigenvalue weighted by molar-refractivity contribution is -0.384. The molecule has 0 unspecified atom stereocenters. The molecule has 0 aliphatic heterocycles. The summed E-state index contributed by atoms with van der Waals surface area (Å²) in [6, 6.07) is 6.52. The van der Waals surface area contributed by atoms with E-state index >= 15 is 0 Å². The fourth-order valence-corrected chi connectivity index (χ4v) is 2.80. The molecule has 2 aromatic heterocycles. The summed E-state index contributed by atoms with van der Waals surface area (Å²) in [6.07, 6.45) is 3.72. The van der Waals surface area contributed by atoms with E-state index in [1.54, 1.807) is 22.8 Å². The third-order valence-corrected chi connectivity index (χ3v) is 4.30. The van der Waals surface area contributed by atoms with Gasteiger partial charge in [0, 0.05) is 24.2 Å². The molecule has 0 bridgehead atoms. The minimum Gasteiger partial charge on any atom is -0.350 e. The molecule has 0 spiro atoms. The van der Waals surface area contributed by atoms with Crippen LogP contribution in [0.2, 0.25) is 0 Å². The third kappa shape index (κ3) is 3.55.